The smallest absolute Gasteiger partial charge is 0.225 e. The zero-order valence-corrected chi connectivity index (χ0v) is 13.0. The van der Waals surface area contributed by atoms with Crippen LogP contribution < -0.4 is 4.74 Å². The van der Waals surface area contributed by atoms with E-state index >= 15 is 0 Å². The van der Waals surface area contributed by atoms with Crippen LogP contribution in [0.2, 0.25) is 0 Å². The van der Waals surface area contributed by atoms with Crippen LogP contribution in [0.15, 0.2) is 24.3 Å². The number of para-hydroxylation sites is 1. The van der Waals surface area contributed by atoms with Crippen LogP contribution in [0.4, 0.5) is 0 Å². The number of terminal acetylenes is 1. The molecule has 0 radical (unpaired) electrons. The number of carbonyl (C=O) groups is 1. The Hall–Kier alpha value is -1.99. The van der Waals surface area contributed by atoms with Crippen molar-refractivity contribution in [3.8, 4) is 18.1 Å². The Balaban J connectivity index is 1.98. The maximum atomic E-state index is 12.3. The molecule has 1 aliphatic rings. The van der Waals surface area contributed by atoms with Gasteiger partial charge in [0, 0.05) is 19.2 Å². The van der Waals surface area contributed by atoms with Crippen LogP contribution in [0.3, 0.4) is 0 Å². The van der Waals surface area contributed by atoms with Gasteiger partial charge in [0.1, 0.15) is 12.4 Å². The van der Waals surface area contributed by atoms with Crippen molar-refractivity contribution < 1.29 is 14.6 Å². The molecule has 1 amide bonds. The molecule has 0 spiro atoms. The first kappa shape index (κ1) is 16.4. The van der Waals surface area contributed by atoms with Crippen molar-refractivity contribution in [2.45, 2.75) is 44.2 Å². The maximum absolute atomic E-state index is 12.3. The number of ether oxygens (including phenoxy) is 1. The van der Waals surface area contributed by atoms with Crippen molar-refractivity contribution in [1.82, 2.24) is 4.90 Å². The van der Waals surface area contributed by atoms with Gasteiger partial charge < -0.3 is 14.7 Å². The zero-order valence-electron chi connectivity index (χ0n) is 13.0. The fourth-order valence-corrected chi connectivity index (χ4v) is 2.86. The normalized spacial score (nSPS) is 16.0. The SMILES string of the molecule is C#CCOc1ccccc1CN(C)C(=O)CC1(O)CCCC1. The van der Waals surface area contributed by atoms with Crippen LogP contribution in [0, 0.1) is 12.3 Å². The average molecular weight is 301 g/mol. The molecule has 1 aliphatic carbocycles. The second-order valence-corrected chi connectivity index (χ2v) is 5.96. The Bertz CT molecular complexity index is 556. The third-order valence-electron chi connectivity index (χ3n) is 4.13. The largest absolute Gasteiger partial charge is 0.481 e. The van der Waals surface area contributed by atoms with Crippen molar-refractivity contribution in [1.29, 1.82) is 0 Å². The standard InChI is InChI=1S/C18H23NO3/c1-3-12-22-16-9-5-4-8-15(16)14-19(2)17(20)13-18(21)10-6-7-11-18/h1,4-5,8-9,21H,6-7,10-14H2,2H3. The Kier molecular flexibility index (Phi) is 5.46. The summed E-state index contributed by atoms with van der Waals surface area (Å²) in [7, 11) is 1.75. The second-order valence-electron chi connectivity index (χ2n) is 5.96. The van der Waals surface area contributed by atoms with Crippen molar-refractivity contribution in [3.05, 3.63) is 29.8 Å². The average Bonchev–Trinajstić information content (AvgIpc) is 2.92. The highest BCUT2D eigenvalue weighted by atomic mass is 16.5. The van der Waals surface area contributed by atoms with Gasteiger partial charge in [0.05, 0.1) is 12.0 Å². The molecule has 4 nitrogen and oxygen atoms in total. The third-order valence-corrected chi connectivity index (χ3v) is 4.13. The lowest BCUT2D eigenvalue weighted by atomic mass is 9.97. The van der Waals surface area contributed by atoms with Gasteiger partial charge in [-0.15, -0.1) is 6.42 Å². The summed E-state index contributed by atoms with van der Waals surface area (Å²) >= 11 is 0. The quantitative estimate of drug-likeness (QED) is 0.821. The van der Waals surface area contributed by atoms with E-state index in [0.29, 0.717) is 25.1 Å². The van der Waals surface area contributed by atoms with Crippen LogP contribution >= 0.6 is 0 Å². The summed E-state index contributed by atoms with van der Waals surface area (Å²) in [6.45, 7) is 0.643. The molecule has 0 atom stereocenters. The van der Waals surface area contributed by atoms with E-state index in [-0.39, 0.29) is 18.9 Å². The fourth-order valence-electron chi connectivity index (χ4n) is 2.86. The van der Waals surface area contributed by atoms with Crippen molar-refractivity contribution in [3.63, 3.8) is 0 Å². The number of hydrogen-bond acceptors (Lipinski definition) is 3. The molecule has 1 N–H and O–H groups in total. The van der Waals surface area contributed by atoms with E-state index in [1.807, 2.05) is 24.3 Å². The van der Waals surface area contributed by atoms with Crippen LogP contribution in [0.1, 0.15) is 37.7 Å². The summed E-state index contributed by atoms with van der Waals surface area (Å²) in [4.78, 5) is 14.0. The number of rotatable bonds is 6. The monoisotopic (exact) mass is 301 g/mol. The Labute approximate surface area is 132 Å². The zero-order chi connectivity index (χ0) is 16.0. The summed E-state index contributed by atoms with van der Waals surface area (Å²) in [6, 6.07) is 7.54. The van der Waals surface area contributed by atoms with Gasteiger partial charge in [-0.25, -0.2) is 0 Å². The van der Waals surface area contributed by atoms with Gasteiger partial charge in [-0.2, -0.15) is 0 Å². The molecular weight excluding hydrogens is 278 g/mol. The topological polar surface area (TPSA) is 49.8 Å². The highest BCUT2D eigenvalue weighted by Gasteiger charge is 2.34. The van der Waals surface area contributed by atoms with Gasteiger partial charge in [-0.3, -0.25) is 4.79 Å². The van der Waals surface area contributed by atoms with Gasteiger partial charge in [0.25, 0.3) is 0 Å². The van der Waals surface area contributed by atoms with E-state index in [1.54, 1.807) is 11.9 Å². The van der Waals surface area contributed by atoms with Crippen molar-refractivity contribution >= 4 is 5.91 Å². The molecule has 4 heteroatoms. The van der Waals surface area contributed by atoms with E-state index in [2.05, 4.69) is 5.92 Å². The number of hydrogen-bond donors (Lipinski definition) is 1. The van der Waals surface area contributed by atoms with E-state index in [1.165, 1.54) is 0 Å². The Morgan fingerprint density at radius 3 is 2.77 bits per heavy atom. The van der Waals surface area contributed by atoms with Crippen molar-refractivity contribution in [2.24, 2.45) is 0 Å². The molecule has 1 saturated carbocycles. The van der Waals surface area contributed by atoms with Gasteiger partial charge in [0.15, 0.2) is 0 Å². The van der Waals surface area contributed by atoms with Gasteiger partial charge in [-0.05, 0) is 18.9 Å². The second kappa shape index (κ2) is 7.33. The number of aliphatic hydroxyl groups is 1. The molecule has 0 aliphatic heterocycles. The lowest BCUT2D eigenvalue weighted by molar-refractivity contribution is -0.135. The Morgan fingerprint density at radius 2 is 2.09 bits per heavy atom. The van der Waals surface area contributed by atoms with E-state index in [0.717, 1.165) is 18.4 Å². The molecule has 0 heterocycles. The van der Waals surface area contributed by atoms with Gasteiger partial charge >= 0.3 is 0 Å². The molecular formula is C18H23NO3. The molecule has 1 fully saturated rings. The summed E-state index contributed by atoms with van der Waals surface area (Å²) in [5.74, 6) is 3.09. The van der Waals surface area contributed by atoms with E-state index in [4.69, 9.17) is 11.2 Å². The summed E-state index contributed by atoms with van der Waals surface area (Å²) in [5, 5.41) is 10.4. The minimum absolute atomic E-state index is 0.0452. The number of carbonyl (C=O) groups excluding carboxylic acids is 1. The first-order valence-electron chi connectivity index (χ1n) is 7.64. The molecule has 2 rings (SSSR count). The minimum atomic E-state index is -0.815. The number of amides is 1. The van der Waals surface area contributed by atoms with Crippen LogP contribution in [-0.4, -0.2) is 35.2 Å². The lowest BCUT2D eigenvalue weighted by Crippen LogP contribution is -2.35. The van der Waals surface area contributed by atoms with Gasteiger partial charge in [-0.1, -0.05) is 37.0 Å². The first-order valence-corrected chi connectivity index (χ1v) is 7.64. The highest BCUT2D eigenvalue weighted by molar-refractivity contribution is 5.77. The molecule has 1 aromatic carbocycles. The first-order chi connectivity index (χ1) is 10.5. The summed E-state index contributed by atoms with van der Waals surface area (Å²) in [6.07, 6.45) is 8.83. The minimum Gasteiger partial charge on any atom is -0.481 e. The highest BCUT2D eigenvalue weighted by Crippen LogP contribution is 2.33. The number of nitrogens with zero attached hydrogens (tertiary/aromatic N) is 1. The molecule has 118 valence electrons. The molecule has 0 bridgehead atoms. The fraction of sp³-hybridized carbons (Fsp3) is 0.500. The third kappa shape index (κ3) is 4.25. The van der Waals surface area contributed by atoms with Crippen LogP contribution in [0.5, 0.6) is 5.75 Å². The predicted molar refractivity (Wildman–Crippen MR) is 85.3 cm³/mol. The molecule has 0 saturated heterocycles. The lowest BCUT2D eigenvalue weighted by Gasteiger charge is -2.25. The predicted octanol–water partition coefficient (Wildman–Crippen LogP) is 2.35. The van der Waals surface area contributed by atoms with Crippen LogP contribution in [-0.2, 0) is 11.3 Å². The van der Waals surface area contributed by atoms with Gasteiger partial charge in [0.2, 0.25) is 5.91 Å². The van der Waals surface area contributed by atoms with E-state index < -0.39 is 5.60 Å². The molecule has 0 unspecified atom stereocenters. The Morgan fingerprint density at radius 1 is 1.41 bits per heavy atom. The molecule has 22 heavy (non-hydrogen) atoms. The number of benzene rings is 1. The van der Waals surface area contributed by atoms with Crippen LogP contribution in [0.25, 0.3) is 0 Å². The summed E-state index contributed by atoms with van der Waals surface area (Å²) < 4.78 is 5.50. The van der Waals surface area contributed by atoms with E-state index in [9.17, 15) is 9.90 Å². The molecule has 0 aromatic heterocycles. The summed E-state index contributed by atoms with van der Waals surface area (Å²) in [5.41, 5.74) is 0.0946. The van der Waals surface area contributed by atoms with Crippen molar-refractivity contribution in [2.75, 3.05) is 13.7 Å². The maximum Gasteiger partial charge on any atom is 0.225 e. The molecule has 1 aromatic rings.